The number of aliphatic imine (C=N–C) groups is 1. The summed E-state index contributed by atoms with van der Waals surface area (Å²) in [4.78, 5) is 44.6. The van der Waals surface area contributed by atoms with Crippen LogP contribution in [0.3, 0.4) is 0 Å². The fourth-order valence-electron chi connectivity index (χ4n) is 3.59. The Labute approximate surface area is 199 Å². The number of hydrogen-bond acceptors (Lipinski definition) is 9. The van der Waals surface area contributed by atoms with Crippen molar-refractivity contribution >= 4 is 40.6 Å². The topological polar surface area (TPSA) is 209 Å². The third-order valence-corrected chi connectivity index (χ3v) is 5.24. The first-order valence-corrected chi connectivity index (χ1v) is 11.4. The summed E-state index contributed by atoms with van der Waals surface area (Å²) in [5.74, 6) is -0.393. The fraction of sp³-hybridized carbons (Fsp3) is 0.619. The standard InChI is InChI=1S/C21H37N11O2/c1-12(2)17(34)14(6-5-7-27-20(23)24)32(9-8-26-13(3)4)15(33)10-31-11-28-16-18(22)29-21(25)30-19(16)31/h11-14,26H,5-10H2,1-4H3,(H4,23,24,27)(H4,22,25,29,30)/t14-/m1/s1. The van der Waals surface area contributed by atoms with E-state index in [1.165, 1.54) is 6.33 Å². The van der Waals surface area contributed by atoms with Gasteiger partial charge >= 0.3 is 0 Å². The number of fused-ring (bicyclic) bond motifs is 1. The minimum atomic E-state index is -0.616. The molecule has 0 unspecified atom stereocenters. The first-order chi connectivity index (χ1) is 16.0. The van der Waals surface area contributed by atoms with Gasteiger partial charge in [0.2, 0.25) is 11.9 Å². The molecule has 0 spiro atoms. The predicted octanol–water partition coefficient (Wildman–Crippen LogP) is -0.535. The number of ketones is 1. The molecule has 0 aliphatic rings. The van der Waals surface area contributed by atoms with E-state index < -0.39 is 6.04 Å². The number of carbonyl (C=O) groups is 2. The van der Waals surface area contributed by atoms with Crippen LogP contribution in [-0.2, 0) is 16.1 Å². The molecule has 1 atom stereocenters. The van der Waals surface area contributed by atoms with E-state index in [1.54, 1.807) is 9.47 Å². The van der Waals surface area contributed by atoms with Gasteiger partial charge in [-0.3, -0.25) is 14.6 Å². The van der Waals surface area contributed by atoms with Crippen LogP contribution in [-0.4, -0.2) is 73.8 Å². The molecule has 34 heavy (non-hydrogen) atoms. The number of nitrogens with zero attached hydrogens (tertiary/aromatic N) is 6. The Morgan fingerprint density at radius 2 is 1.88 bits per heavy atom. The quantitative estimate of drug-likeness (QED) is 0.142. The van der Waals surface area contributed by atoms with Crippen molar-refractivity contribution in [3.8, 4) is 0 Å². The van der Waals surface area contributed by atoms with Crippen LogP contribution in [0.1, 0.15) is 40.5 Å². The lowest BCUT2D eigenvalue weighted by molar-refractivity contribution is -0.141. The summed E-state index contributed by atoms with van der Waals surface area (Å²) in [5, 5.41) is 3.31. The number of hydrogen-bond donors (Lipinski definition) is 5. The van der Waals surface area contributed by atoms with Crippen molar-refractivity contribution in [3.63, 3.8) is 0 Å². The maximum absolute atomic E-state index is 13.5. The second kappa shape index (κ2) is 12.1. The molecule has 2 aromatic rings. The largest absolute Gasteiger partial charge is 0.382 e. The number of nitrogen functional groups attached to an aromatic ring is 2. The Morgan fingerprint density at radius 1 is 1.18 bits per heavy atom. The molecule has 0 fully saturated rings. The molecule has 2 rings (SSSR count). The van der Waals surface area contributed by atoms with Gasteiger partial charge in [-0.15, -0.1) is 0 Å². The highest BCUT2D eigenvalue weighted by Gasteiger charge is 2.31. The van der Waals surface area contributed by atoms with Gasteiger partial charge in [-0.25, -0.2) is 4.98 Å². The number of Topliss-reactive ketones (excluding diaryl/α,β-unsaturated/α-hetero) is 1. The van der Waals surface area contributed by atoms with E-state index in [2.05, 4.69) is 25.3 Å². The van der Waals surface area contributed by atoms with E-state index in [1.807, 2.05) is 27.7 Å². The number of amides is 1. The van der Waals surface area contributed by atoms with Crippen LogP contribution in [0.25, 0.3) is 11.2 Å². The van der Waals surface area contributed by atoms with Crippen molar-refractivity contribution in [3.05, 3.63) is 6.33 Å². The minimum absolute atomic E-state index is 0.00618. The first-order valence-electron chi connectivity index (χ1n) is 11.4. The third kappa shape index (κ3) is 7.27. The Hall–Kier alpha value is -3.48. The normalized spacial score (nSPS) is 12.3. The SMILES string of the molecule is CC(C)NCCN(C(=O)Cn1cnc2c(N)nc(N)nc21)[C@H](CCCN=C(N)N)C(=O)C(C)C. The summed E-state index contributed by atoms with van der Waals surface area (Å²) < 4.78 is 1.56. The molecule has 0 aliphatic carbocycles. The van der Waals surface area contributed by atoms with Gasteiger partial charge in [-0.2, -0.15) is 9.97 Å². The maximum Gasteiger partial charge on any atom is 0.243 e. The summed E-state index contributed by atoms with van der Waals surface area (Å²) in [6.45, 7) is 8.87. The molecule has 0 radical (unpaired) electrons. The van der Waals surface area contributed by atoms with Crippen molar-refractivity contribution in [2.45, 2.75) is 59.2 Å². The van der Waals surface area contributed by atoms with E-state index in [9.17, 15) is 9.59 Å². The molecule has 1 amide bonds. The highest BCUT2D eigenvalue weighted by molar-refractivity contribution is 5.91. The van der Waals surface area contributed by atoms with Gasteiger partial charge in [0.15, 0.2) is 23.2 Å². The summed E-state index contributed by atoms with van der Waals surface area (Å²) in [6.07, 6.45) is 2.46. The number of nitrogens with two attached hydrogens (primary N) is 4. The summed E-state index contributed by atoms with van der Waals surface area (Å²) >= 11 is 0. The van der Waals surface area contributed by atoms with Gasteiger partial charge in [0.1, 0.15) is 12.1 Å². The average Bonchev–Trinajstić information content (AvgIpc) is 3.13. The maximum atomic E-state index is 13.5. The van der Waals surface area contributed by atoms with Gasteiger partial charge in [0, 0.05) is 31.6 Å². The zero-order valence-electron chi connectivity index (χ0n) is 20.4. The molecule has 13 heteroatoms. The van der Waals surface area contributed by atoms with Crippen molar-refractivity contribution in [2.75, 3.05) is 31.1 Å². The summed E-state index contributed by atoms with van der Waals surface area (Å²) in [7, 11) is 0. The lowest BCUT2D eigenvalue weighted by atomic mass is 9.96. The van der Waals surface area contributed by atoms with Crippen LogP contribution in [0, 0.1) is 5.92 Å². The van der Waals surface area contributed by atoms with Crippen LogP contribution in [0.2, 0.25) is 0 Å². The van der Waals surface area contributed by atoms with Crippen molar-refractivity contribution in [1.29, 1.82) is 0 Å². The molecule has 2 heterocycles. The number of aromatic nitrogens is 4. The van der Waals surface area contributed by atoms with Crippen LogP contribution >= 0.6 is 0 Å². The van der Waals surface area contributed by atoms with Crippen molar-refractivity contribution in [2.24, 2.45) is 22.4 Å². The lowest BCUT2D eigenvalue weighted by Gasteiger charge is -2.32. The molecule has 0 aliphatic heterocycles. The highest BCUT2D eigenvalue weighted by Crippen LogP contribution is 2.19. The Bertz CT molecular complexity index is 1010. The Kier molecular flexibility index (Phi) is 9.54. The van der Waals surface area contributed by atoms with E-state index in [0.29, 0.717) is 43.6 Å². The monoisotopic (exact) mass is 475 g/mol. The molecule has 0 saturated carbocycles. The average molecular weight is 476 g/mol. The Balaban J connectivity index is 2.32. The first kappa shape index (κ1) is 26.8. The molecule has 0 bridgehead atoms. The molecule has 0 aromatic carbocycles. The molecule has 0 saturated heterocycles. The third-order valence-electron chi connectivity index (χ3n) is 5.24. The van der Waals surface area contributed by atoms with E-state index in [0.717, 1.165) is 0 Å². The van der Waals surface area contributed by atoms with Gasteiger partial charge in [0.25, 0.3) is 0 Å². The van der Waals surface area contributed by atoms with E-state index in [-0.39, 0.29) is 47.9 Å². The molecule has 9 N–H and O–H groups in total. The van der Waals surface area contributed by atoms with Crippen LogP contribution < -0.4 is 28.3 Å². The van der Waals surface area contributed by atoms with Gasteiger partial charge < -0.3 is 37.7 Å². The minimum Gasteiger partial charge on any atom is -0.382 e. The number of carbonyl (C=O) groups excluding carboxylic acids is 2. The Morgan fingerprint density at radius 3 is 2.50 bits per heavy atom. The zero-order valence-corrected chi connectivity index (χ0v) is 20.4. The lowest BCUT2D eigenvalue weighted by Crippen LogP contribution is -2.50. The van der Waals surface area contributed by atoms with Gasteiger partial charge in [0.05, 0.1) is 12.4 Å². The molecule has 13 nitrogen and oxygen atoms in total. The molecule has 2 aromatic heterocycles. The van der Waals surface area contributed by atoms with Gasteiger partial charge in [-0.05, 0) is 12.8 Å². The summed E-state index contributed by atoms with van der Waals surface area (Å²) in [5.41, 5.74) is 23.2. The number of rotatable bonds is 13. The zero-order chi connectivity index (χ0) is 25.4. The van der Waals surface area contributed by atoms with E-state index >= 15 is 0 Å². The fourth-order valence-corrected chi connectivity index (χ4v) is 3.59. The smallest absolute Gasteiger partial charge is 0.243 e. The number of imidazole rings is 1. The van der Waals surface area contributed by atoms with Crippen molar-refractivity contribution in [1.82, 2.24) is 29.7 Å². The predicted molar refractivity (Wildman–Crippen MR) is 133 cm³/mol. The van der Waals surface area contributed by atoms with E-state index in [4.69, 9.17) is 22.9 Å². The van der Waals surface area contributed by atoms with Crippen LogP contribution in [0.5, 0.6) is 0 Å². The van der Waals surface area contributed by atoms with Crippen LogP contribution in [0.15, 0.2) is 11.3 Å². The van der Waals surface area contributed by atoms with Crippen LogP contribution in [0.4, 0.5) is 11.8 Å². The summed E-state index contributed by atoms with van der Waals surface area (Å²) in [6, 6.07) is -0.381. The number of anilines is 2. The number of nitrogens with one attached hydrogen (secondary N) is 1. The molecular weight excluding hydrogens is 438 g/mol. The second-order valence-electron chi connectivity index (χ2n) is 8.73. The second-order valence-corrected chi connectivity index (χ2v) is 8.73. The van der Waals surface area contributed by atoms with Crippen molar-refractivity contribution < 1.29 is 9.59 Å². The highest BCUT2D eigenvalue weighted by atomic mass is 16.2. The number of guanidine groups is 1. The van der Waals surface area contributed by atoms with Gasteiger partial charge in [-0.1, -0.05) is 27.7 Å². The molecular formula is C21H37N11O2. The molecule has 188 valence electrons.